The second kappa shape index (κ2) is 14.5. The molecule has 6 nitrogen and oxygen atoms in total. The Hall–Kier alpha value is -0.850. The molecule has 0 unspecified atom stereocenters. The maximum absolute atomic E-state index is 5.38. The average Bonchev–Trinajstić information content (AvgIpc) is 2.60. The van der Waals surface area contributed by atoms with E-state index in [1.165, 1.54) is 25.9 Å². The lowest BCUT2D eigenvalue weighted by atomic mass is 10.3. The standard InChI is InChI=1S/C18H39N5O/c1-4-10-22(11-5-2)12-7-8-20-18(19-6-3)21-9-13-23-14-16-24-17-15-23/h4-17H2,1-3H3,(H2,19,20,21). The Morgan fingerprint density at radius 1 is 1.04 bits per heavy atom. The van der Waals surface area contributed by atoms with E-state index >= 15 is 0 Å². The van der Waals surface area contributed by atoms with Crippen LogP contribution in [-0.2, 0) is 4.74 Å². The molecule has 1 fully saturated rings. The number of nitrogens with one attached hydrogen (secondary N) is 2. The molecule has 0 bridgehead atoms. The maximum atomic E-state index is 5.38. The predicted octanol–water partition coefficient (Wildman–Crippen LogP) is 1.39. The summed E-state index contributed by atoms with van der Waals surface area (Å²) in [4.78, 5) is 9.70. The van der Waals surface area contributed by atoms with E-state index in [2.05, 4.69) is 41.2 Å². The highest BCUT2D eigenvalue weighted by Gasteiger charge is 2.09. The van der Waals surface area contributed by atoms with Gasteiger partial charge in [0.15, 0.2) is 5.96 Å². The molecule has 1 saturated heterocycles. The first-order chi connectivity index (χ1) is 11.8. The van der Waals surface area contributed by atoms with Crippen LogP contribution in [0, 0.1) is 0 Å². The minimum absolute atomic E-state index is 0.861. The first kappa shape index (κ1) is 21.2. The van der Waals surface area contributed by atoms with E-state index < -0.39 is 0 Å². The molecule has 1 aliphatic rings. The highest BCUT2D eigenvalue weighted by Crippen LogP contribution is 1.97. The molecule has 1 heterocycles. The van der Waals surface area contributed by atoms with Crippen LogP contribution in [0.1, 0.15) is 40.0 Å². The third-order valence-corrected chi connectivity index (χ3v) is 4.15. The Kier molecular flexibility index (Phi) is 12.8. The third kappa shape index (κ3) is 10.1. The van der Waals surface area contributed by atoms with E-state index in [9.17, 15) is 0 Å². The van der Waals surface area contributed by atoms with Gasteiger partial charge >= 0.3 is 0 Å². The summed E-state index contributed by atoms with van der Waals surface area (Å²) < 4.78 is 5.38. The van der Waals surface area contributed by atoms with Gasteiger partial charge in [-0.15, -0.1) is 0 Å². The number of ether oxygens (including phenoxy) is 1. The number of hydrogen-bond acceptors (Lipinski definition) is 4. The van der Waals surface area contributed by atoms with E-state index in [1.807, 2.05) is 0 Å². The molecule has 0 atom stereocenters. The third-order valence-electron chi connectivity index (χ3n) is 4.15. The van der Waals surface area contributed by atoms with Crippen molar-refractivity contribution in [2.45, 2.75) is 40.0 Å². The zero-order valence-corrected chi connectivity index (χ0v) is 16.1. The lowest BCUT2D eigenvalue weighted by Crippen LogP contribution is -2.44. The highest BCUT2D eigenvalue weighted by molar-refractivity contribution is 5.79. The topological polar surface area (TPSA) is 52.1 Å². The quantitative estimate of drug-likeness (QED) is 0.319. The Morgan fingerprint density at radius 3 is 2.38 bits per heavy atom. The predicted molar refractivity (Wildman–Crippen MR) is 103 cm³/mol. The molecule has 0 spiro atoms. The molecule has 0 aromatic carbocycles. The normalized spacial score (nSPS) is 16.6. The molecular formula is C18H39N5O. The van der Waals surface area contributed by atoms with Crippen molar-refractivity contribution in [3.8, 4) is 0 Å². The van der Waals surface area contributed by atoms with E-state index in [1.54, 1.807) is 0 Å². The van der Waals surface area contributed by atoms with Crippen molar-refractivity contribution in [1.82, 2.24) is 20.4 Å². The molecule has 0 aromatic heterocycles. The molecule has 6 heteroatoms. The van der Waals surface area contributed by atoms with Gasteiger partial charge in [-0.3, -0.25) is 9.89 Å². The second-order valence-electron chi connectivity index (χ2n) is 6.34. The smallest absolute Gasteiger partial charge is 0.191 e. The van der Waals surface area contributed by atoms with Gasteiger partial charge in [0.05, 0.1) is 13.2 Å². The molecule has 142 valence electrons. The van der Waals surface area contributed by atoms with E-state index in [0.29, 0.717) is 0 Å². The van der Waals surface area contributed by atoms with Gasteiger partial charge in [-0.2, -0.15) is 0 Å². The van der Waals surface area contributed by atoms with Crippen LogP contribution < -0.4 is 10.6 Å². The summed E-state index contributed by atoms with van der Waals surface area (Å²) in [6.07, 6.45) is 3.59. The van der Waals surface area contributed by atoms with Gasteiger partial charge in [-0.1, -0.05) is 13.8 Å². The molecule has 1 aliphatic heterocycles. The van der Waals surface area contributed by atoms with Crippen LogP contribution in [0.3, 0.4) is 0 Å². The molecule has 0 aliphatic carbocycles. The van der Waals surface area contributed by atoms with Crippen LogP contribution in [0.5, 0.6) is 0 Å². The molecule has 24 heavy (non-hydrogen) atoms. The fourth-order valence-electron chi connectivity index (χ4n) is 2.95. The van der Waals surface area contributed by atoms with Crippen LogP contribution in [0.25, 0.3) is 0 Å². The minimum atomic E-state index is 0.861. The SMILES string of the molecule is CCCN(CCC)CCCN=C(NCC)NCCN1CCOCC1. The van der Waals surface area contributed by atoms with Gasteiger partial charge in [-0.25, -0.2) is 0 Å². The first-order valence-corrected chi connectivity index (χ1v) is 9.84. The summed E-state index contributed by atoms with van der Waals surface area (Å²) in [5, 5.41) is 6.79. The van der Waals surface area contributed by atoms with Crippen molar-refractivity contribution >= 4 is 5.96 Å². The Labute approximate surface area is 149 Å². The van der Waals surface area contributed by atoms with Crippen molar-refractivity contribution in [2.24, 2.45) is 4.99 Å². The number of hydrogen-bond donors (Lipinski definition) is 2. The zero-order valence-electron chi connectivity index (χ0n) is 16.1. The van der Waals surface area contributed by atoms with Crippen molar-refractivity contribution in [2.75, 3.05) is 72.1 Å². The van der Waals surface area contributed by atoms with E-state index in [4.69, 9.17) is 9.73 Å². The highest BCUT2D eigenvalue weighted by atomic mass is 16.5. The number of morpholine rings is 1. The molecule has 0 saturated carbocycles. The minimum Gasteiger partial charge on any atom is -0.379 e. The number of aliphatic imine (C=N–C) groups is 1. The van der Waals surface area contributed by atoms with Crippen molar-refractivity contribution < 1.29 is 4.74 Å². The Morgan fingerprint density at radius 2 is 1.75 bits per heavy atom. The Balaban J connectivity index is 2.22. The second-order valence-corrected chi connectivity index (χ2v) is 6.34. The summed E-state index contributed by atoms with van der Waals surface area (Å²) in [7, 11) is 0. The monoisotopic (exact) mass is 341 g/mol. The molecular weight excluding hydrogens is 302 g/mol. The van der Waals surface area contributed by atoms with Crippen molar-refractivity contribution in [3.63, 3.8) is 0 Å². The molecule has 0 aromatic rings. The number of guanidine groups is 1. The number of nitrogens with zero attached hydrogens (tertiary/aromatic N) is 3. The van der Waals surface area contributed by atoms with E-state index in [0.717, 1.165) is 71.4 Å². The first-order valence-electron chi connectivity index (χ1n) is 9.84. The lowest BCUT2D eigenvalue weighted by molar-refractivity contribution is 0.0389. The van der Waals surface area contributed by atoms with Gasteiger partial charge in [-0.05, 0) is 45.8 Å². The fraction of sp³-hybridized carbons (Fsp3) is 0.944. The molecule has 0 amide bonds. The summed E-state index contributed by atoms with van der Waals surface area (Å²) in [5.41, 5.74) is 0. The summed E-state index contributed by atoms with van der Waals surface area (Å²) in [5.74, 6) is 0.947. The molecule has 2 N–H and O–H groups in total. The van der Waals surface area contributed by atoms with Crippen LogP contribution in [0.2, 0.25) is 0 Å². The van der Waals surface area contributed by atoms with Crippen molar-refractivity contribution in [3.05, 3.63) is 0 Å². The lowest BCUT2D eigenvalue weighted by Gasteiger charge is -2.26. The molecule has 1 rings (SSSR count). The van der Waals surface area contributed by atoms with Gasteiger partial charge in [0.25, 0.3) is 0 Å². The largest absolute Gasteiger partial charge is 0.379 e. The van der Waals surface area contributed by atoms with Gasteiger partial charge in [0, 0.05) is 39.3 Å². The van der Waals surface area contributed by atoms with Crippen LogP contribution >= 0.6 is 0 Å². The van der Waals surface area contributed by atoms with Gasteiger partial charge in [0.2, 0.25) is 0 Å². The Bertz CT molecular complexity index is 313. The van der Waals surface area contributed by atoms with Crippen LogP contribution in [0.15, 0.2) is 4.99 Å². The fourth-order valence-corrected chi connectivity index (χ4v) is 2.95. The van der Waals surface area contributed by atoms with Crippen LogP contribution in [-0.4, -0.2) is 87.9 Å². The van der Waals surface area contributed by atoms with Crippen LogP contribution in [0.4, 0.5) is 0 Å². The van der Waals surface area contributed by atoms with Gasteiger partial charge < -0.3 is 20.3 Å². The summed E-state index contributed by atoms with van der Waals surface area (Å²) >= 11 is 0. The van der Waals surface area contributed by atoms with Gasteiger partial charge in [0.1, 0.15) is 0 Å². The number of rotatable bonds is 12. The average molecular weight is 342 g/mol. The summed E-state index contributed by atoms with van der Waals surface area (Å²) in [6.45, 7) is 17.8. The summed E-state index contributed by atoms with van der Waals surface area (Å²) in [6, 6.07) is 0. The molecule has 0 radical (unpaired) electrons. The maximum Gasteiger partial charge on any atom is 0.191 e. The van der Waals surface area contributed by atoms with Crippen molar-refractivity contribution in [1.29, 1.82) is 0 Å². The van der Waals surface area contributed by atoms with E-state index in [-0.39, 0.29) is 0 Å². The zero-order chi connectivity index (χ0) is 17.5.